The third-order valence-corrected chi connectivity index (χ3v) is 4.63. The van der Waals surface area contributed by atoms with Crippen molar-refractivity contribution in [3.8, 4) is 6.07 Å². The zero-order chi connectivity index (χ0) is 12.6. The summed E-state index contributed by atoms with van der Waals surface area (Å²) < 4.78 is 0. The third kappa shape index (κ3) is 1.93. The molecule has 94 valence electrons. The van der Waals surface area contributed by atoms with Gasteiger partial charge in [-0.2, -0.15) is 5.26 Å². The predicted molar refractivity (Wildman–Crippen MR) is 72.1 cm³/mol. The number of nitriles is 1. The lowest BCUT2D eigenvalue weighted by molar-refractivity contribution is 0.222. The molecule has 0 saturated heterocycles. The smallest absolute Gasteiger partial charge is 0.0852 e. The Bertz CT molecular complexity index is 454. The minimum atomic E-state index is -0.227. The van der Waals surface area contributed by atoms with Crippen LogP contribution in [0.1, 0.15) is 38.2 Å². The second-order valence-corrected chi connectivity index (χ2v) is 5.84. The molecule has 2 nitrogen and oxygen atoms in total. The summed E-state index contributed by atoms with van der Waals surface area (Å²) in [6, 6.07) is 14.1. The molecule has 18 heavy (non-hydrogen) atoms. The first-order chi connectivity index (χ1) is 8.77. The van der Waals surface area contributed by atoms with Gasteiger partial charge in [0.25, 0.3) is 0 Å². The predicted octanol–water partition coefficient (Wildman–Crippen LogP) is 3.00. The van der Waals surface area contributed by atoms with E-state index >= 15 is 0 Å². The normalized spacial score (nSPS) is 37.7. The van der Waals surface area contributed by atoms with Crippen LogP contribution in [0.25, 0.3) is 0 Å². The van der Waals surface area contributed by atoms with E-state index in [-0.39, 0.29) is 5.41 Å². The topological polar surface area (TPSA) is 35.8 Å². The largest absolute Gasteiger partial charge is 0.311 e. The molecule has 1 aromatic rings. The molecule has 0 aromatic heterocycles. The van der Waals surface area contributed by atoms with Gasteiger partial charge in [-0.15, -0.1) is 0 Å². The molecule has 0 amide bonds. The third-order valence-electron chi connectivity index (χ3n) is 4.63. The van der Waals surface area contributed by atoms with Crippen molar-refractivity contribution in [1.82, 2.24) is 5.32 Å². The average molecular weight is 240 g/mol. The fraction of sp³-hybridized carbons (Fsp3) is 0.562. The Morgan fingerprint density at radius 3 is 2.61 bits per heavy atom. The molecule has 2 fully saturated rings. The van der Waals surface area contributed by atoms with Crippen LogP contribution in [0.5, 0.6) is 0 Å². The quantitative estimate of drug-likeness (QED) is 0.878. The van der Waals surface area contributed by atoms with Crippen LogP contribution in [-0.2, 0) is 5.41 Å². The Balaban J connectivity index is 1.60. The Labute approximate surface area is 109 Å². The standard InChI is InChI=1S/C16H20N2/c1-2-12-8-15(12)18-14-9-16(10-14,11-17)13-6-4-3-5-7-13/h3-7,12,14-15,18H,2,8-10H2,1H3. The first-order valence-electron chi connectivity index (χ1n) is 7.00. The van der Waals surface area contributed by atoms with E-state index in [1.807, 2.05) is 18.2 Å². The lowest BCUT2D eigenvalue weighted by Crippen LogP contribution is -2.51. The highest BCUT2D eigenvalue weighted by Crippen LogP contribution is 2.45. The van der Waals surface area contributed by atoms with Gasteiger partial charge < -0.3 is 5.32 Å². The first kappa shape index (κ1) is 11.7. The molecule has 2 saturated carbocycles. The van der Waals surface area contributed by atoms with Crippen molar-refractivity contribution in [1.29, 1.82) is 5.26 Å². The summed E-state index contributed by atoms with van der Waals surface area (Å²) in [4.78, 5) is 0. The lowest BCUT2D eigenvalue weighted by atomic mass is 9.62. The van der Waals surface area contributed by atoms with Crippen LogP contribution in [0.2, 0.25) is 0 Å². The van der Waals surface area contributed by atoms with E-state index in [0.29, 0.717) is 6.04 Å². The van der Waals surface area contributed by atoms with Crippen molar-refractivity contribution in [2.45, 2.75) is 50.1 Å². The van der Waals surface area contributed by atoms with E-state index in [9.17, 15) is 5.26 Å². The number of rotatable bonds is 4. The van der Waals surface area contributed by atoms with Crippen LogP contribution in [0.15, 0.2) is 30.3 Å². The Kier molecular flexibility index (Phi) is 2.87. The van der Waals surface area contributed by atoms with Crippen LogP contribution >= 0.6 is 0 Å². The maximum Gasteiger partial charge on any atom is 0.0852 e. The zero-order valence-electron chi connectivity index (χ0n) is 10.9. The fourth-order valence-corrected chi connectivity index (χ4v) is 3.25. The van der Waals surface area contributed by atoms with Gasteiger partial charge >= 0.3 is 0 Å². The minimum absolute atomic E-state index is 0.227. The van der Waals surface area contributed by atoms with E-state index < -0.39 is 0 Å². The molecule has 2 heteroatoms. The molecule has 3 rings (SSSR count). The second kappa shape index (κ2) is 4.40. The van der Waals surface area contributed by atoms with Gasteiger partial charge in [-0.1, -0.05) is 43.7 Å². The molecule has 2 aliphatic carbocycles. The molecule has 0 heterocycles. The van der Waals surface area contributed by atoms with Crippen LogP contribution in [-0.4, -0.2) is 12.1 Å². The van der Waals surface area contributed by atoms with E-state index in [0.717, 1.165) is 24.8 Å². The monoisotopic (exact) mass is 240 g/mol. The van der Waals surface area contributed by atoms with Crippen molar-refractivity contribution in [3.63, 3.8) is 0 Å². The number of nitrogens with zero attached hydrogens (tertiary/aromatic N) is 1. The molecular weight excluding hydrogens is 220 g/mol. The second-order valence-electron chi connectivity index (χ2n) is 5.84. The van der Waals surface area contributed by atoms with Crippen LogP contribution < -0.4 is 5.32 Å². The molecule has 1 aromatic carbocycles. The molecule has 0 radical (unpaired) electrons. The van der Waals surface area contributed by atoms with E-state index in [4.69, 9.17) is 0 Å². The van der Waals surface area contributed by atoms with Crippen LogP contribution in [0.4, 0.5) is 0 Å². The van der Waals surface area contributed by atoms with Gasteiger partial charge in [0.05, 0.1) is 11.5 Å². The van der Waals surface area contributed by atoms with E-state index in [1.54, 1.807) is 0 Å². The SMILES string of the molecule is CCC1CC1NC1CC(C#N)(c2ccccc2)C1. The summed E-state index contributed by atoms with van der Waals surface area (Å²) in [7, 11) is 0. The molecule has 2 aliphatic rings. The summed E-state index contributed by atoms with van der Waals surface area (Å²) in [5.74, 6) is 0.888. The number of nitrogens with one attached hydrogen (secondary N) is 1. The number of hydrogen-bond donors (Lipinski definition) is 1. The van der Waals surface area contributed by atoms with Crippen molar-refractivity contribution < 1.29 is 0 Å². The first-order valence-corrected chi connectivity index (χ1v) is 7.00. The van der Waals surface area contributed by atoms with Gasteiger partial charge in [0.2, 0.25) is 0 Å². The highest BCUT2D eigenvalue weighted by atomic mass is 15.0. The molecule has 0 bridgehead atoms. The van der Waals surface area contributed by atoms with Gasteiger partial charge in [0, 0.05) is 12.1 Å². The summed E-state index contributed by atoms with van der Waals surface area (Å²) in [5, 5.41) is 13.2. The highest BCUT2D eigenvalue weighted by Gasteiger charge is 2.48. The van der Waals surface area contributed by atoms with E-state index in [2.05, 4.69) is 30.4 Å². The van der Waals surface area contributed by atoms with Crippen LogP contribution in [0.3, 0.4) is 0 Å². The van der Waals surface area contributed by atoms with Crippen LogP contribution in [0, 0.1) is 17.2 Å². The van der Waals surface area contributed by atoms with Gasteiger partial charge in [-0.25, -0.2) is 0 Å². The minimum Gasteiger partial charge on any atom is -0.311 e. The van der Waals surface area contributed by atoms with Crippen molar-refractivity contribution in [2.24, 2.45) is 5.92 Å². The summed E-state index contributed by atoms with van der Waals surface area (Å²) >= 11 is 0. The van der Waals surface area contributed by atoms with Crippen molar-refractivity contribution in [3.05, 3.63) is 35.9 Å². The maximum atomic E-state index is 9.48. The van der Waals surface area contributed by atoms with Gasteiger partial charge in [0.15, 0.2) is 0 Å². The molecule has 2 atom stereocenters. The van der Waals surface area contributed by atoms with E-state index in [1.165, 1.54) is 18.4 Å². The Morgan fingerprint density at radius 1 is 1.33 bits per heavy atom. The van der Waals surface area contributed by atoms with Gasteiger partial charge in [-0.3, -0.25) is 0 Å². The average Bonchev–Trinajstić information content (AvgIpc) is 3.13. The Morgan fingerprint density at radius 2 is 2.06 bits per heavy atom. The molecule has 2 unspecified atom stereocenters. The summed E-state index contributed by atoms with van der Waals surface area (Å²) in [6.45, 7) is 2.26. The summed E-state index contributed by atoms with van der Waals surface area (Å²) in [5.41, 5.74) is 0.962. The number of benzene rings is 1. The highest BCUT2D eigenvalue weighted by molar-refractivity contribution is 5.37. The lowest BCUT2D eigenvalue weighted by Gasteiger charge is -2.43. The van der Waals surface area contributed by atoms with Gasteiger partial charge in [-0.05, 0) is 30.7 Å². The summed E-state index contributed by atoms with van der Waals surface area (Å²) in [6.07, 6.45) is 4.56. The number of hydrogen-bond acceptors (Lipinski definition) is 2. The molecule has 1 N–H and O–H groups in total. The molecule has 0 aliphatic heterocycles. The molecular formula is C16H20N2. The zero-order valence-corrected chi connectivity index (χ0v) is 10.9. The Hall–Kier alpha value is -1.33. The fourth-order valence-electron chi connectivity index (χ4n) is 3.25. The maximum absolute atomic E-state index is 9.48. The van der Waals surface area contributed by atoms with Gasteiger partial charge in [0.1, 0.15) is 0 Å². The van der Waals surface area contributed by atoms with Crippen molar-refractivity contribution in [2.75, 3.05) is 0 Å². The molecule has 0 spiro atoms. The van der Waals surface area contributed by atoms with Crippen molar-refractivity contribution >= 4 is 0 Å².